The summed E-state index contributed by atoms with van der Waals surface area (Å²) < 4.78 is 0. The van der Waals surface area contributed by atoms with Gasteiger partial charge in [0.15, 0.2) is 0 Å². The maximum absolute atomic E-state index is 9.93. The van der Waals surface area contributed by atoms with Crippen molar-refractivity contribution in [3.63, 3.8) is 0 Å². The number of aryl methyl sites for hydroxylation is 1. The van der Waals surface area contributed by atoms with Gasteiger partial charge in [0.1, 0.15) is 11.6 Å². The van der Waals surface area contributed by atoms with E-state index in [2.05, 4.69) is 20.3 Å². The van der Waals surface area contributed by atoms with Crippen molar-refractivity contribution in [3.8, 4) is 5.75 Å². The first-order valence-electron chi connectivity index (χ1n) is 5.68. The highest BCUT2D eigenvalue weighted by Gasteiger charge is 2.10. The number of aromatic hydroxyl groups is 1. The van der Waals surface area contributed by atoms with Gasteiger partial charge in [0.2, 0.25) is 0 Å². The number of aromatic amines is 1. The van der Waals surface area contributed by atoms with E-state index < -0.39 is 0 Å². The van der Waals surface area contributed by atoms with Gasteiger partial charge in [-0.15, -0.1) is 0 Å². The molecular formula is C12H16N4O2. The molecule has 0 spiro atoms. The van der Waals surface area contributed by atoms with Gasteiger partial charge >= 0.3 is 0 Å². The zero-order valence-electron chi connectivity index (χ0n) is 10.1. The Morgan fingerprint density at radius 3 is 2.83 bits per heavy atom. The van der Waals surface area contributed by atoms with Crippen molar-refractivity contribution < 1.29 is 10.2 Å². The van der Waals surface area contributed by atoms with Crippen LogP contribution in [0.4, 0.5) is 0 Å². The molecule has 4 N–H and O–H groups in total. The Morgan fingerprint density at radius 1 is 1.33 bits per heavy atom. The first-order valence-corrected chi connectivity index (χ1v) is 5.68. The van der Waals surface area contributed by atoms with Crippen LogP contribution < -0.4 is 5.32 Å². The minimum atomic E-state index is -0.140. The number of H-pyrrole nitrogens is 1. The molecule has 0 saturated carbocycles. The van der Waals surface area contributed by atoms with Gasteiger partial charge in [0.05, 0.1) is 18.8 Å². The van der Waals surface area contributed by atoms with E-state index in [1.54, 1.807) is 25.5 Å². The third kappa shape index (κ3) is 2.66. The molecule has 0 aliphatic rings. The van der Waals surface area contributed by atoms with Crippen molar-refractivity contribution in [1.29, 1.82) is 0 Å². The molecule has 2 aromatic heterocycles. The largest absolute Gasteiger partial charge is 0.506 e. The fourth-order valence-corrected chi connectivity index (χ4v) is 1.72. The van der Waals surface area contributed by atoms with E-state index in [-0.39, 0.29) is 12.4 Å². The second-order valence-electron chi connectivity index (χ2n) is 3.99. The minimum Gasteiger partial charge on any atom is -0.506 e. The van der Waals surface area contributed by atoms with Gasteiger partial charge in [0, 0.05) is 36.3 Å². The molecule has 0 fully saturated rings. The Bertz CT molecular complexity index is 511. The highest BCUT2D eigenvalue weighted by Crippen LogP contribution is 2.23. The predicted octanol–water partition coefficient (Wildman–Crippen LogP) is 0.601. The van der Waals surface area contributed by atoms with E-state index in [9.17, 15) is 10.2 Å². The van der Waals surface area contributed by atoms with Crippen molar-refractivity contribution in [2.24, 2.45) is 0 Å². The molecule has 0 atom stereocenters. The molecule has 0 amide bonds. The summed E-state index contributed by atoms with van der Waals surface area (Å²) >= 11 is 0. The first-order chi connectivity index (χ1) is 8.72. The lowest BCUT2D eigenvalue weighted by atomic mass is 10.1. The van der Waals surface area contributed by atoms with Crippen molar-refractivity contribution in [2.45, 2.75) is 26.6 Å². The summed E-state index contributed by atoms with van der Waals surface area (Å²) in [5.74, 6) is 0.958. The second kappa shape index (κ2) is 5.61. The quantitative estimate of drug-likeness (QED) is 0.621. The normalized spacial score (nSPS) is 10.8. The summed E-state index contributed by atoms with van der Waals surface area (Å²) in [6, 6.07) is 0. The molecule has 18 heavy (non-hydrogen) atoms. The number of imidazole rings is 1. The molecule has 96 valence electrons. The third-order valence-electron chi connectivity index (χ3n) is 2.75. The number of aliphatic hydroxyl groups excluding tert-OH is 1. The maximum atomic E-state index is 9.93. The van der Waals surface area contributed by atoms with E-state index in [1.807, 2.05) is 0 Å². The molecule has 2 heterocycles. The number of aromatic nitrogens is 3. The molecule has 0 saturated heterocycles. The highest BCUT2D eigenvalue weighted by molar-refractivity contribution is 5.40. The van der Waals surface area contributed by atoms with E-state index in [1.165, 1.54) is 0 Å². The van der Waals surface area contributed by atoms with E-state index in [4.69, 9.17) is 0 Å². The molecule has 0 bridgehead atoms. The van der Waals surface area contributed by atoms with Gasteiger partial charge in [0.25, 0.3) is 0 Å². The van der Waals surface area contributed by atoms with Gasteiger partial charge in [-0.3, -0.25) is 4.98 Å². The van der Waals surface area contributed by atoms with Gasteiger partial charge in [-0.1, -0.05) is 0 Å². The average Bonchev–Trinajstić information content (AvgIpc) is 2.88. The molecule has 0 aliphatic carbocycles. The SMILES string of the molecule is Cc1ncc(CO)c(CNCc2ncc[nH]2)c1O. The molecule has 0 aromatic carbocycles. The zero-order chi connectivity index (χ0) is 13.0. The minimum absolute atomic E-state index is 0.133. The van der Waals surface area contributed by atoms with Gasteiger partial charge < -0.3 is 20.5 Å². The second-order valence-corrected chi connectivity index (χ2v) is 3.99. The van der Waals surface area contributed by atoms with Crippen LogP contribution in [0.1, 0.15) is 22.6 Å². The van der Waals surface area contributed by atoms with Crippen LogP contribution in [0.3, 0.4) is 0 Å². The van der Waals surface area contributed by atoms with Crippen LogP contribution in [0, 0.1) is 6.92 Å². The fraction of sp³-hybridized carbons (Fsp3) is 0.333. The molecule has 0 aliphatic heterocycles. The van der Waals surface area contributed by atoms with Crippen LogP contribution in [0.2, 0.25) is 0 Å². The molecule has 2 rings (SSSR count). The molecular weight excluding hydrogens is 232 g/mol. The van der Waals surface area contributed by atoms with E-state index in [0.29, 0.717) is 29.9 Å². The monoisotopic (exact) mass is 248 g/mol. The number of nitrogens with zero attached hydrogens (tertiary/aromatic N) is 2. The van der Waals surface area contributed by atoms with Gasteiger partial charge in [-0.2, -0.15) is 0 Å². The zero-order valence-corrected chi connectivity index (χ0v) is 10.1. The number of hydrogen-bond acceptors (Lipinski definition) is 5. The Kier molecular flexibility index (Phi) is 3.91. The smallest absolute Gasteiger partial charge is 0.141 e. The highest BCUT2D eigenvalue weighted by atomic mass is 16.3. The van der Waals surface area contributed by atoms with Crippen molar-refractivity contribution in [1.82, 2.24) is 20.3 Å². The topological polar surface area (TPSA) is 94.1 Å². The fourth-order valence-electron chi connectivity index (χ4n) is 1.72. The van der Waals surface area contributed by atoms with Crippen LogP contribution in [0.15, 0.2) is 18.6 Å². The Balaban J connectivity index is 2.06. The molecule has 6 heteroatoms. The maximum Gasteiger partial charge on any atom is 0.141 e. The van der Waals surface area contributed by atoms with E-state index in [0.717, 1.165) is 5.82 Å². The molecule has 2 aromatic rings. The standard InChI is InChI=1S/C12H16N4O2/c1-8-12(18)10(9(7-17)4-16-8)5-13-6-11-14-2-3-15-11/h2-4,13,17-18H,5-7H2,1H3,(H,14,15). The summed E-state index contributed by atoms with van der Waals surface area (Å²) in [4.78, 5) is 11.1. The first kappa shape index (κ1) is 12.5. The Morgan fingerprint density at radius 2 is 2.17 bits per heavy atom. The average molecular weight is 248 g/mol. The lowest BCUT2D eigenvalue weighted by Crippen LogP contribution is -2.15. The summed E-state index contributed by atoms with van der Waals surface area (Å²) in [7, 11) is 0. The third-order valence-corrected chi connectivity index (χ3v) is 2.75. The summed E-state index contributed by atoms with van der Waals surface area (Å²) in [6.45, 7) is 2.61. The van der Waals surface area contributed by atoms with Crippen LogP contribution in [-0.4, -0.2) is 25.2 Å². The predicted molar refractivity (Wildman–Crippen MR) is 65.7 cm³/mol. The molecule has 6 nitrogen and oxygen atoms in total. The summed E-state index contributed by atoms with van der Waals surface area (Å²) in [5, 5.41) is 22.3. The lowest BCUT2D eigenvalue weighted by molar-refractivity contribution is 0.278. The number of rotatable bonds is 5. The number of pyridine rings is 1. The Labute approximate surface area is 105 Å². The molecule has 0 unspecified atom stereocenters. The Hall–Kier alpha value is -1.92. The van der Waals surface area contributed by atoms with Crippen molar-refractivity contribution in [2.75, 3.05) is 0 Å². The number of aliphatic hydroxyl groups is 1. The molecule has 0 radical (unpaired) electrons. The van der Waals surface area contributed by atoms with Gasteiger partial charge in [-0.05, 0) is 6.92 Å². The van der Waals surface area contributed by atoms with Crippen LogP contribution in [0.5, 0.6) is 5.75 Å². The number of hydrogen-bond donors (Lipinski definition) is 4. The van der Waals surface area contributed by atoms with Gasteiger partial charge in [-0.25, -0.2) is 4.98 Å². The lowest BCUT2D eigenvalue weighted by Gasteiger charge is -2.11. The summed E-state index contributed by atoms with van der Waals surface area (Å²) in [5.41, 5.74) is 1.86. The number of nitrogens with one attached hydrogen (secondary N) is 2. The van der Waals surface area contributed by atoms with Crippen LogP contribution >= 0.6 is 0 Å². The van der Waals surface area contributed by atoms with E-state index >= 15 is 0 Å². The van der Waals surface area contributed by atoms with Crippen molar-refractivity contribution in [3.05, 3.63) is 41.2 Å². The van der Waals surface area contributed by atoms with Crippen molar-refractivity contribution >= 4 is 0 Å². The summed E-state index contributed by atoms with van der Waals surface area (Å²) in [6.07, 6.45) is 5.02. The van der Waals surface area contributed by atoms with Crippen LogP contribution in [0.25, 0.3) is 0 Å². The van der Waals surface area contributed by atoms with Crippen LogP contribution in [-0.2, 0) is 19.7 Å².